The number of rotatable bonds is 6. The van der Waals surface area contributed by atoms with E-state index in [1.807, 2.05) is 46.8 Å². The molecule has 2 aliphatic heterocycles. The fraction of sp³-hybridized carbons (Fsp3) is 0.414. The van der Waals surface area contributed by atoms with E-state index in [2.05, 4.69) is 0 Å². The van der Waals surface area contributed by atoms with Crippen molar-refractivity contribution in [3.63, 3.8) is 0 Å². The van der Waals surface area contributed by atoms with Crippen LogP contribution in [0, 0.1) is 5.92 Å². The van der Waals surface area contributed by atoms with E-state index in [9.17, 15) is 18.0 Å². The summed E-state index contributed by atoms with van der Waals surface area (Å²) in [7, 11) is -2.31. The number of carbonyl (C=O) groups excluding carboxylic acids is 1. The molecule has 0 saturated carbocycles. The normalized spacial score (nSPS) is 18.3. The standard InChI is InChI=1S/C29H33N5O6S/c1-3-39-23-9-7-20(8-10-23)25-16-22-19-32(13-5-15-34(22)30-25)28(35)21-6-4-14-33(18-21)41(37,38)24-11-12-26-27(17-24)40-29(36)31(26)2/h7-12,16-17,21H,3-6,13-15,18-19H2,1-2H3. The lowest BCUT2D eigenvalue weighted by atomic mass is 9.98. The summed E-state index contributed by atoms with van der Waals surface area (Å²) in [4.78, 5) is 27.5. The molecule has 0 spiro atoms. The molecule has 0 N–H and O–H groups in total. The first-order valence-electron chi connectivity index (χ1n) is 13.9. The molecule has 0 radical (unpaired) electrons. The number of benzene rings is 2. The fourth-order valence-corrected chi connectivity index (χ4v) is 7.26. The third kappa shape index (κ3) is 5.17. The molecule has 0 aliphatic carbocycles. The maximum atomic E-state index is 13.7. The summed E-state index contributed by atoms with van der Waals surface area (Å²) in [6.45, 7) is 4.73. The van der Waals surface area contributed by atoms with Gasteiger partial charge in [-0.3, -0.25) is 14.0 Å². The molecular formula is C29H33N5O6S. The largest absolute Gasteiger partial charge is 0.494 e. The Morgan fingerprint density at radius 3 is 2.66 bits per heavy atom. The second kappa shape index (κ2) is 10.8. The Morgan fingerprint density at radius 2 is 1.88 bits per heavy atom. The highest BCUT2D eigenvalue weighted by molar-refractivity contribution is 7.89. The van der Waals surface area contributed by atoms with Crippen LogP contribution in [0.3, 0.4) is 0 Å². The first-order valence-corrected chi connectivity index (χ1v) is 15.4. The SMILES string of the molecule is CCOc1ccc(-c2cc3n(n2)CCCN(C(=O)C2CCCN(S(=O)(=O)c4ccc5c(c4)oc(=O)n5C)C2)C3)cc1. The van der Waals surface area contributed by atoms with Crippen molar-refractivity contribution in [2.24, 2.45) is 13.0 Å². The summed E-state index contributed by atoms with van der Waals surface area (Å²) >= 11 is 0. The van der Waals surface area contributed by atoms with Crippen molar-refractivity contribution in [1.29, 1.82) is 0 Å². The van der Waals surface area contributed by atoms with E-state index in [-0.39, 0.29) is 22.9 Å². The van der Waals surface area contributed by atoms with Crippen LogP contribution in [-0.4, -0.2) is 64.1 Å². The maximum Gasteiger partial charge on any atom is 0.419 e. The van der Waals surface area contributed by atoms with Crippen molar-refractivity contribution in [1.82, 2.24) is 23.6 Å². The van der Waals surface area contributed by atoms with Gasteiger partial charge in [-0.05, 0) is 68.7 Å². The van der Waals surface area contributed by atoms with Gasteiger partial charge in [0, 0.05) is 44.9 Å². The van der Waals surface area contributed by atoms with Gasteiger partial charge in [0.05, 0.1) is 40.9 Å². The van der Waals surface area contributed by atoms with Gasteiger partial charge in [0.1, 0.15) is 5.75 Å². The van der Waals surface area contributed by atoms with Gasteiger partial charge < -0.3 is 14.1 Å². The molecule has 1 amide bonds. The van der Waals surface area contributed by atoms with Crippen molar-refractivity contribution in [3.8, 4) is 17.0 Å². The summed E-state index contributed by atoms with van der Waals surface area (Å²) < 4.78 is 42.5. The molecule has 1 unspecified atom stereocenters. The molecule has 1 saturated heterocycles. The van der Waals surface area contributed by atoms with Gasteiger partial charge in [-0.25, -0.2) is 13.2 Å². The molecule has 12 heteroatoms. The van der Waals surface area contributed by atoms with Crippen molar-refractivity contribution < 1.29 is 22.4 Å². The van der Waals surface area contributed by atoms with E-state index >= 15 is 0 Å². The molecule has 4 aromatic rings. The van der Waals surface area contributed by atoms with Crippen LogP contribution in [-0.2, 0) is 35.0 Å². The number of fused-ring (bicyclic) bond motifs is 2. The van der Waals surface area contributed by atoms with E-state index in [0.29, 0.717) is 51.1 Å². The molecular weight excluding hydrogens is 546 g/mol. The minimum Gasteiger partial charge on any atom is -0.494 e. The minimum absolute atomic E-state index is 0.0355. The Kier molecular flexibility index (Phi) is 7.20. The second-order valence-electron chi connectivity index (χ2n) is 10.6. The van der Waals surface area contributed by atoms with Gasteiger partial charge in [-0.15, -0.1) is 0 Å². The van der Waals surface area contributed by atoms with E-state index in [0.717, 1.165) is 29.1 Å². The van der Waals surface area contributed by atoms with Crippen LogP contribution >= 0.6 is 0 Å². The first-order chi connectivity index (χ1) is 19.7. The van der Waals surface area contributed by atoms with Crippen molar-refractivity contribution in [2.45, 2.75) is 44.2 Å². The lowest BCUT2D eigenvalue weighted by Crippen LogP contribution is -2.46. The quantitative estimate of drug-likeness (QED) is 0.344. The molecule has 216 valence electrons. The van der Waals surface area contributed by atoms with Crippen LogP contribution in [0.2, 0.25) is 0 Å². The fourth-order valence-electron chi connectivity index (χ4n) is 5.72. The molecule has 0 bridgehead atoms. The zero-order chi connectivity index (χ0) is 28.7. The lowest BCUT2D eigenvalue weighted by Gasteiger charge is -2.34. The molecule has 41 heavy (non-hydrogen) atoms. The number of piperidine rings is 1. The van der Waals surface area contributed by atoms with Gasteiger partial charge in [0.15, 0.2) is 5.58 Å². The minimum atomic E-state index is -3.88. The van der Waals surface area contributed by atoms with Crippen LogP contribution in [0.1, 0.15) is 31.9 Å². The van der Waals surface area contributed by atoms with E-state index in [1.54, 1.807) is 13.1 Å². The molecule has 2 aromatic heterocycles. The zero-order valence-electron chi connectivity index (χ0n) is 23.2. The van der Waals surface area contributed by atoms with Gasteiger partial charge in [0.25, 0.3) is 0 Å². The molecule has 4 heterocycles. The molecule has 1 fully saturated rings. The number of carbonyl (C=O) groups is 1. The monoisotopic (exact) mass is 579 g/mol. The Hall–Kier alpha value is -3.90. The smallest absolute Gasteiger partial charge is 0.419 e. The van der Waals surface area contributed by atoms with Crippen LogP contribution < -0.4 is 10.5 Å². The number of oxazole rings is 1. The van der Waals surface area contributed by atoms with E-state index in [1.165, 1.54) is 21.0 Å². The maximum absolute atomic E-state index is 13.7. The van der Waals surface area contributed by atoms with Crippen LogP contribution in [0.5, 0.6) is 5.75 Å². The van der Waals surface area contributed by atoms with Crippen LogP contribution in [0.15, 0.2) is 62.6 Å². The molecule has 1 atom stereocenters. The predicted molar refractivity (Wildman–Crippen MR) is 152 cm³/mol. The zero-order valence-corrected chi connectivity index (χ0v) is 24.0. The first kappa shape index (κ1) is 27.3. The molecule has 2 aliphatic rings. The predicted octanol–water partition coefficient (Wildman–Crippen LogP) is 3.23. The number of ether oxygens (including phenoxy) is 1. The topological polar surface area (TPSA) is 120 Å². The number of sulfonamides is 1. The number of hydrogen-bond acceptors (Lipinski definition) is 7. The Morgan fingerprint density at radius 1 is 1.07 bits per heavy atom. The molecule has 11 nitrogen and oxygen atoms in total. The van der Waals surface area contributed by atoms with Gasteiger partial charge >= 0.3 is 5.76 Å². The average molecular weight is 580 g/mol. The number of hydrogen-bond donors (Lipinski definition) is 0. The number of amides is 1. The second-order valence-corrected chi connectivity index (χ2v) is 12.5. The Labute approximate surface area is 238 Å². The third-order valence-corrected chi connectivity index (χ3v) is 9.78. The van der Waals surface area contributed by atoms with Crippen LogP contribution in [0.25, 0.3) is 22.4 Å². The lowest BCUT2D eigenvalue weighted by molar-refractivity contribution is -0.137. The molecule has 2 aromatic carbocycles. The summed E-state index contributed by atoms with van der Waals surface area (Å²) in [6, 6.07) is 14.3. The van der Waals surface area contributed by atoms with Crippen molar-refractivity contribution in [2.75, 3.05) is 26.2 Å². The number of nitrogens with zero attached hydrogens (tertiary/aromatic N) is 5. The highest BCUT2D eigenvalue weighted by atomic mass is 32.2. The van der Waals surface area contributed by atoms with Crippen molar-refractivity contribution >= 4 is 27.0 Å². The summed E-state index contributed by atoms with van der Waals surface area (Å²) in [6.07, 6.45) is 1.98. The van der Waals surface area contributed by atoms with Crippen molar-refractivity contribution in [3.05, 3.63) is 64.8 Å². The summed E-state index contributed by atoms with van der Waals surface area (Å²) in [5.74, 6) is -0.211. The Balaban J connectivity index is 1.17. The molecule has 6 rings (SSSR count). The van der Waals surface area contributed by atoms with E-state index in [4.69, 9.17) is 14.3 Å². The number of aromatic nitrogens is 3. The van der Waals surface area contributed by atoms with E-state index < -0.39 is 21.7 Å². The van der Waals surface area contributed by atoms with Gasteiger partial charge in [-0.1, -0.05) is 0 Å². The van der Waals surface area contributed by atoms with Gasteiger partial charge in [0.2, 0.25) is 15.9 Å². The third-order valence-electron chi connectivity index (χ3n) is 7.92. The Bertz CT molecular complexity index is 1750. The highest BCUT2D eigenvalue weighted by Gasteiger charge is 2.36. The highest BCUT2D eigenvalue weighted by Crippen LogP contribution is 2.29. The van der Waals surface area contributed by atoms with Gasteiger partial charge in [-0.2, -0.15) is 9.40 Å². The van der Waals surface area contributed by atoms with Crippen LogP contribution in [0.4, 0.5) is 0 Å². The summed E-state index contributed by atoms with van der Waals surface area (Å²) in [5, 5.41) is 4.79. The average Bonchev–Trinajstić information content (AvgIpc) is 3.44. The number of aryl methyl sites for hydroxylation is 2. The summed E-state index contributed by atoms with van der Waals surface area (Å²) in [5.41, 5.74) is 3.52.